The van der Waals surface area contributed by atoms with E-state index in [9.17, 15) is 8.42 Å². The Bertz CT molecular complexity index is 675. The first-order valence-corrected chi connectivity index (χ1v) is 7.89. The van der Waals surface area contributed by atoms with Gasteiger partial charge >= 0.3 is 0 Å². The van der Waals surface area contributed by atoms with E-state index < -0.39 is 10.0 Å². The molecular formula is C14H19N3O2S. The Balaban J connectivity index is 2.41. The number of nitrogens with one attached hydrogen (secondary N) is 1. The molecule has 108 valence electrons. The number of aromatic amines is 1. The zero-order chi connectivity index (χ0) is 14.8. The highest BCUT2D eigenvalue weighted by atomic mass is 32.2. The molecule has 2 aromatic rings. The van der Waals surface area contributed by atoms with Crippen LogP contribution in [-0.4, -0.2) is 19.9 Å². The van der Waals surface area contributed by atoms with Gasteiger partial charge in [-0.3, -0.25) is 4.31 Å². The van der Waals surface area contributed by atoms with Crippen LogP contribution < -0.4 is 10.0 Å². The van der Waals surface area contributed by atoms with Gasteiger partial charge in [0.15, 0.2) is 0 Å². The van der Waals surface area contributed by atoms with Crippen LogP contribution in [0.4, 0.5) is 5.69 Å². The van der Waals surface area contributed by atoms with Crippen molar-refractivity contribution < 1.29 is 8.42 Å². The second-order valence-corrected chi connectivity index (χ2v) is 6.43. The molecule has 0 bridgehead atoms. The van der Waals surface area contributed by atoms with E-state index >= 15 is 0 Å². The van der Waals surface area contributed by atoms with Crippen LogP contribution in [0.5, 0.6) is 0 Å². The number of nitrogens with zero attached hydrogens (tertiary/aromatic N) is 1. The minimum atomic E-state index is -3.56. The van der Waals surface area contributed by atoms with Gasteiger partial charge in [0.25, 0.3) is 10.0 Å². The third kappa shape index (κ3) is 2.71. The maximum Gasteiger partial charge on any atom is 0.265 e. The fourth-order valence-electron chi connectivity index (χ4n) is 2.02. The molecule has 6 heteroatoms. The zero-order valence-electron chi connectivity index (χ0n) is 11.6. The first kappa shape index (κ1) is 14.6. The molecule has 0 atom stereocenters. The standard InChI is InChI=1S/C14H19N3O2S/c1-3-17(13-6-4-11(2)5-7-13)20(18,19)14-8-12(9-15)16-10-14/h4-8,10,16H,3,9,15H2,1-2H3. The molecule has 0 saturated heterocycles. The molecule has 3 N–H and O–H groups in total. The van der Waals surface area contributed by atoms with E-state index in [4.69, 9.17) is 5.73 Å². The summed E-state index contributed by atoms with van der Waals surface area (Å²) in [4.78, 5) is 3.11. The number of hydrogen-bond donors (Lipinski definition) is 2. The Morgan fingerprint density at radius 3 is 2.40 bits per heavy atom. The monoisotopic (exact) mass is 293 g/mol. The van der Waals surface area contributed by atoms with Crippen LogP contribution in [0.1, 0.15) is 18.2 Å². The molecule has 1 aromatic heterocycles. The lowest BCUT2D eigenvalue weighted by molar-refractivity contribution is 0.592. The zero-order valence-corrected chi connectivity index (χ0v) is 12.4. The van der Waals surface area contributed by atoms with Gasteiger partial charge in [-0.15, -0.1) is 0 Å². The van der Waals surface area contributed by atoms with Crippen molar-refractivity contribution in [2.45, 2.75) is 25.3 Å². The summed E-state index contributed by atoms with van der Waals surface area (Å²) in [6.07, 6.45) is 1.48. The Kier molecular flexibility index (Phi) is 4.15. The van der Waals surface area contributed by atoms with Gasteiger partial charge in [0.05, 0.1) is 5.69 Å². The summed E-state index contributed by atoms with van der Waals surface area (Å²) < 4.78 is 26.7. The van der Waals surface area contributed by atoms with Crippen LogP contribution in [-0.2, 0) is 16.6 Å². The third-order valence-electron chi connectivity index (χ3n) is 3.13. The average Bonchev–Trinajstić information content (AvgIpc) is 2.91. The van der Waals surface area contributed by atoms with Crippen LogP contribution in [0.3, 0.4) is 0 Å². The fourth-order valence-corrected chi connectivity index (χ4v) is 3.51. The predicted molar refractivity (Wildman–Crippen MR) is 80.1 cm³/mol. The lowest BCUT2D eigenvalue weighted by Gasteiger charge is -2.22. The van der Waals surface area contributed by atoms with Gasteiger partial charge in [-0.05, 0) is 32.0 Å². The van der Waals surface area contributed by atoms with Gasteiger partial charge < -0.3 is 10.7 Å². The van der Waals surface area contributed by atoms with E-state index in [0.29, 0.717) is 17.9 Å². The maximum absolute atomic E-state index is 12.6. The van der Waals surface area contributed by atoms with Gasteiger partial charge in [0.1, 0.15) is 4.90 Å². The summed E-state index contributed by atoms with van der Waals surface area (Å²) in [5.41, 5.74) is 7.95. The second-order valence-electron chi connectivity index (χ2n) is 4.57. The number of anilines is 1. The maximum atomic E-state index is 12.6. The molecule has 5 nitrogen and oxygen atoms in total. The lowest BCUT2D eigenvalue weighted by atomic mass is 10.2. The molecule has 1 aromatic carbocycles. The van der Waals surface area contributed by atoms with E-state index in [1.54, 1.807) is 6.07 Å². The highest BCUT2D eigenvalue weighted by Gasteiger charge is 2.24. The molecule has 0 amide bonds. The molecule has 0 aliphatic rings. The van der Waals surface area contributed by atoms with E-state index in [0.717, 1.165) is 5.56 Å². The minimum Gasteiger partial charge on any atom is -0.363 e. The van der Waals surface area contributed by atoms with Gasteiger partial charge in [0, 0.05) is 25.0 Å². The summed E-state index contributed by atoms with van der Waals surface area (Å²) in [7, 11) is -3.56. The lowest BCUT2D eigenvalue weighted by Crippen LogP contribution is -2.30. The molecule has 2 rings (SSSR count). The quantitative estimate of drug-likeness (QED) is 0.885. The molecule has 0 fully saturated rings. The first-order valence-electron chi connectivity index (χ1n) is 6.45. The molecule has 20 heavy (non-hydrogen) atoms. The number of hydrogen-bond acceptors (Lipinski definition) is 3. The Morgan fingerprint density at radius 1 is 1.25 bits per heavy atom. The van der Waals surface area contributed by atoms with Crippen LogP contribution in [0.25, 0.3) is 0 Å². The number of H-pyrrole nitrogens is 1. The largest absolute Gasteiger partial charge is 0.363 e. The van der Waals surface area contributed by atoms with Gasteiger partial charge in [-0.2, -0.15) is 0 Å². The van der Waals surface area contributed by atoms with Crippen LogP contribution in [0.2, 0.25) is 0 Å². The van der Waals surface area contributed by atoms with Crippen molar-refractivity contribution in [3.8, 4) is 0 Å². The molecule has 0 unspecified atom stereocenters. The number of aryl methyl sites for hydroxylation is 1. The van der Waals surface area contributed by atoms with Crippen LogP contribution in [0.15, 0.2) is 41.4 Å². The fraction of sp³-hybridized carbons (Fsp3) is 0.286. The summed E-state index contributed by atoms with van der Waals surface area (Å²) >= 11 is 0. The van der Waals surface area contributed by atoms with Crippen molar-refractivity contribution in [2.24, 2.45) is 5.73 Å². The van der Waals surface area contributed by atoms with Crippen molar-refractivity contribution >= 4 is 15.7 Å². The van der Waals surface area contributed by atoms with Crippen molar-refractivity contribution in [1.29, 1.82) is 0 Å². The minimum absolute atomic E-state index is 0.236. The topological polar surface area (TPSA) is 79.2 Å². The average molecular weight is 293 g/mol. The summed E-state index contributed by atoms with van der Waals surface area (Å²) in [6.45, 7) is 4.43. The third-order valence-corrected chi connectivity index (χ3v) is 5.01. The van der Waals surface area contributed by atoms with Crippen LogP contribution >= 0.6 is 0 Å². The molecule has 0 saturated carbocycles. The van der Waals surface area contributed by atoms with Crippen molar-refractivity contribution in [2.75, 3.05) is 10.8 Å². The van der Waals surface area contributed by atoms with Crippen molar-refractivity contribution in [1.82, 2.24) is 4.98 Å². The SMILES string of the molecule is CCN(c1ccc(C)cc1)S(=O)(=O)c1c[nH]c(CN)c1. The van der Waals surface area contributed by atoms with E-state index in [2.05, 4.69) is 4.98 Å². The van der Waals surface area contributed by atoms with Gasteiger partial charge in [0.2, 0.25) is 0 Å². The number of benzene rings is 1. The van der Waals surface area contributed by atoms with E-state index in [1.807, 2.05) is 38.1 Å². The molecule has 1 heterocycles. The highest BCUT2D eigenvalue weighted by Crippen LogP contribution is 2.24. The molecule has 0 radical (unpaired) electrons. The van der Waals surface area contributed by atoms with E-state index in [1.165, 1.54) is 10.5 Å². The second kappa shape index (κ2) is 5.68. The van der Waals surface area contributed by atoms with Crippen molar-refractivity contribution in [3.05, 3.63) is 47.8 Å². The molecule has 0 spiro atoms. The number of nitrogens with two attached hydrogens (primary N) is 1. The molecule has 0 aliphatic heterocycles. The first-order chi connectivity index (χ1) is 9.48. The normalized spacial score (nSPS) is 11.6. The van der Waals surface area contributed by atoms with E-state index in [-0.39, 0.29) is 11.4 Å². The van der Waals surface area contributed by atoms with Gasteiger partial charge in [-0.1, -0.05) is 17.7 Å². The summed E-state index contributed by atoms with van der Waals surface area (Å²) in [5.74, 6) is 0. The number of sulfonamides is 1. The summed E-state index contributed by atoms with van der Waals surface area (Å²) in [6, 6.07) is 9.00. The molecule has 0 aliphatic carbocycles. The van der Waals surface area contributed by atoms with Crippen molar-refractivity contribution in [3.63, 3.8) is 0 Å². The summed E-state index contributed by atoms with van der Waals surface area (Å²) in [5, 5.41) is 0. The van der Waals surface area contributed by atoms with Crippen LogP contribution in [0, 0.1) is 6.92 Å². The Morgan fingerprint density at radius 2 is 1.90 bits per heavy atom. The Labute approximate surface area is 119 Å². The number of rotatable bonds is 5. The predicted octanol–water partition coefficient (Wildman–Crippen LogP) is 2.00. The smallest absolute Gasteiger partial charge is 0.265 e. The number of aromatic nitrogens is 1. The Hall–Kier alpha value is -1.79. The highest BCUT2D eigenvalue weighted by molar-refractivity contribution is 7.92. The molecular weight excluding hydrogens is 274 g/mol. The van der Waals surface area contributed by atoms with Gasteiger partial charge in [-0.25, -0.2) is 8.42 Å².